The van der Waals surface area contributed by atoms with Gasteiger partial charge in [-0.05, 0) is 11.4 Å². The summed E-state index contributed by atoms with van der Waals surface area (Å²) in [4.78, 5) is 15.8. The number of nitrogens with zero attached hydrogens (tertiary/aromatic N) is 1. The predicted molar refractivity (Wildman–Crippen MR) is 48.1 cm³/mol. The SMILES string of the molecule is CON(C)C(=O)Nc1ccsc1. The van der Waals surface area contributed by atoms with E-state index >= 15 is 0 Å². The molecule has 0 saturated carbocycles. The first kappa shape index (κ1) is 9.02. The maximum absolute atomic E-state index is 11.1. The molecule has 4 nitrogen and oxygen atoms in total. The Labute approximate surface area is 74.7 Å². The molecule has 5 heteroatoms. The molecule has 0 atom stereocenters. The zero-order valence-corrected chi connectivity index (χ0v) is 7.72. The first-order valence-corrected chi connectivity index (χ1v) is 4.29. The summed E-state index contributed by atoms with van der Waals surface area (Å²) >= 11 is 1.53. The van der Waals surface area contributed by atoms with E-state index in [0.29, 0.717) is 0 Å². The lowest BCUT2D eigenvalue weighted by molar-refractivity contribution is -0.0598. The van der Waals surface area contributed by atoms with E-state index in [2.05, 4.69) is 10.2 Å². The molecule has 1 aromatic heterocycles. The Hall–Kier alpha value is -1.07. The molecule has 0 saturated heterocycles. The highest BCUT2D eigenvalue weighted by atomic mass is 32.1. The van der Waals surface area contributed by atoms with E-state index < -0.39 is 0 Å². The molecule has 2 amide bonds. The van der Waals surface area contributed by atoms with Crippen molar-refractivity contribution in [3.8, 4) is 0 Å². The summed E-state index contributed by atoms with van der Waals surface area (Å²) < 4.78 is 0. The number of nitrogens with one attached hydrogen (secondary N) is 1. The largest absolute Gasteiger partial charge is 0.345 e. The number of hydroxylamine groups is 2. The smallest absolute Gasteiger partial charge is 0.305 e. The van der Waals surface area contributed by atoms with Gasteiger partial charge in [0, 0.05) is 12.4 Å². The van der Waals surface area contributed by atoms with Gasteiger partial charge in [0.2, 0.25) is 0 Å². The van der Waals surface area contributed by atoms with Crippen LogP contribution in [0.1, 0.15) is 0 Å². The van der Waals surface area contributed by atoms with Crippen LogP contribution >= 0.6 is 11.3 Å². The van der Waals surface area contributed by atoms with E-state index in [1.165, 1.54) is 18.4 Å². The molecule has 0 bridgehead atoms. The Morgan fingerprint density at radius 1 is 1.75 bits per heavy atom. The van der Waals surface area contributed by atoms with Crippen molar-refractivity contribution in [1.82, 2.24) is 5.06 Å². The lowest BCUT2D eigenvalue weighted by Gasteiger charge is -2.13. The quantitative estimate of drug-likeness (QED) is 0.715. The number of amides is 2. The number of hydrogen-bond donors (Lipinski definition) is 1. The van der Waals surface area contributed by atoms with Crippen molar-refractivity contribution < 1.29 is 9.63 Å². The van der Waals surface area contributed by atoms with E-state index in [0.717, 1.165) is 10.8 Å². The van der Waals surface area contributed by atoms with Crippen LogP contribution < -0.4 is 5.32 Å². The van der Waals surface area contributed by atoms with Gasteiger partial charge in [0.1, 0.15) is 0 Å². The zero-order valence-electron chi connectivity index (χ0n) is 6.90. The van der Waals surface area contributed by atoms with Gasteiger partial charge in [-0.25, -0.2) is 9.86 Å². The molecule has 1 heterocycles. The maximum atomic E-state index is 11.1. The first-order chi connectivity index (χ1) is 5.74. The molecule has 0 fully saturated rings. The highest BCUT2D eigenvalue weighted by Crippen LogP contribution is 2.11. The van der Waals surface area contributed by atoms with Crippen molar-refractivity contribution in [2.24, 2.45) is 0 Å². The third-order valence-electron chi connectivity index (χ3n) is 1.33. The second-order valence-corrected chi connectivity index (χ2v) is 2.90. The molecular formula is C7H10N2O2S. The van der Waals surface area contributed by atoms with Crippen LogP contribution in [-0.2, 0) is 4.84 Å². The Kier molecular flexibility index (Phi) is 3.07. The normalized spacial score (nSPS) is 9.50. The van der Waals surface area contributed by atoms with Crippen LogP contribution in [0.4, 0.5) is 10.5 Å². The summed E-state index contributed by atoms with van der Waals surface area (Å²) in [5.74, 6) is 0. The van der Waals surface area contributed by atoms with Gasteiger partial charge in [0.15, 0.2) is 0 Å². The van der Waals surface area contributed by atoms with Crippen LogP contribution in [0, 0.1) is 0 Å². The number of thiophene rings is 1. The number of hydrogen-bond acceptors (Lipinski definition) is 3. The van der Waals surface area contributed by atoms with Crippen LogP contribution in [0.15, 0.2) is 16.8 Å². The van der Waals surface area contributed by atoms with Crippen molar-refractivity contribution in [1.29, 1.82) is 0 Å². The second-order valence-electron chi connectivity index (χ2n) is 2.12. The third-order valence-corrected chi connectivity index (χ3v) is 2.02. The van der Waals surface area contributed by atoms with Crippen LogP contribution in [0.25, 0.3) is 0 Å². The number of rotatable bonds is 2. The highest BCUT2D eigenvalue weighted by Gasteiger charge is 2.06. The summed E-state index contributed by atoms with van der Waals surface area (Å²) in [6.45, 7) is 0. The molecule has 0 aromatic carbocycles. The van der Waals surface area contributed by atoms with Crippen molar-refractivity contribution in [2.75, 3.05) is 19.5 Å². The number of carbonyl (C=O) groups is 1. The average Bonchev–Trinajstić information content (AvgIpc) is 2.55. The van der Waals surface area contributed by atoms with E-state index in [1.54, 1.807) is 7.05 Å². The molecule has 0 aliphatic heterocycles. The topological polar surface area (TPSA) is 41.6 Å². The van der Waals surface area contributed by atoms with E-state index in [1.807, 2.05) is 16.8 Å². The molecule has 0 aliphatic rings. The lowest BCUT2D eigenvalue weighted by atomic mass is 10.5. The Balaban J connectivity index is 2.47. The van der Waals surface area contributed by atoms with Crippen LogP contribution in [0.2, 0.25) is 0 Å². The Morgan fingerprint density at radius 3 is 3.00 bits per heavy atom. The minimum absolute atomic E-state index is 0.282. The molecule has 0 radical (unpaired) electrons. The summed E-state index contributed by atoms with van der Waals surface area (Å²) in [5.41, 5.74) is 0.786. The molecule has 0 aliphatic carbocycles. The van der Waals surface area contributed by atoms with Gasteiger partial charge in [-0.15, -0.1) is 0 Å². The minimum atomic E-state index is -0.282. The Morgan fingerprint density at radius 2 is 2.50 bits per heavy atom. The third kappa shape index (κ3) is 2.21. The molecule has 66 valence electrons. The van der Waals surface area contributed by atoms with Gasteiger partial charge >= 0.3 is 6.03 Å². The monoisotopic (exact) mass is 186 g/mol. The number of urea groups is 1. The van der Waals surface area contributed by atoms with Gasteiger partial charge in [0.25, 0.3) is 0 Å². The van der Waals surface area contributed by atoms with Crippen LogP contribution in [0.5, 0.6) is 0 Å². The lowest BCUT2D eigenvalue weighted by Crippen LogP contribution is -2.29. The molecule has 12 heavy (non-hydrogen) atoms. The van der Waals surface area contributed by atoms with Gasteiger partial charge in [0.05, 0.1) is 12.8 Å². The van der Waals surface area contributed by atoms with E-state index in [9.17, 15) is 4.79 Å². The highest BCUT2D eigenvalue weighted by molar-refractivity contribution is 7.08. The van der Waals surface area contributed by atoms with Crippen LogP contribution in [-0.4, -0.2) is 25.3 Å². The van der Waals surface area contributed by atoms with Crippen molar-refractivity contribution in [3.63, 3.8) is 0 Å². The summed E-state index contributed by atoms with van der Waals surface area (Å²) in [6.07, 6.45) is 0. The molecule has 0 spiro atoms. The minimum Gasteiger partial charge on any atom is -0.305 e. The predicted octanol–water partition coefficient (Wildman–Crippen LogP) is 1.77. The summed E-state index contributed by atoms with van der Waals surface area (Å²) in [7, 11) is 2.98. The number of carbonyl (C=O) groups excluding carboxylic acids is 1. The molecular weight excluding hydrogens is 176 g/mol. The molecule has 1 N–H and O–H groups in total. The maximum Gasteiger partial charge on any atom is 0.345 e. The van der Waals surface area contributed by atoms with Crippen molar-refractivity contribution in [3.05, 3.63) is 16.8 Å². The van der Waals surface area contributed by atoms with Crippen molar-refractivity contribution >= 4 is 23.1 Å². The zero-order chi connectivity index (χ0) is 8.97. The van der Waals surface area contributed by atoms with E-state index in [4.69, 9.17) is 0 Å². The summed E-state index contributed by atoms with van der Waals surface area (Å²) in [5, 5.41) is 7.51. The van der Waals surface area contributed by atoms with Crippen molar-refractivity contribution in [2.45, 2.75) is 0 Å². The number of anilines is 1. The molecule has 1 rings (SSSR count). The average molecular weight is 186 g/mol. The molecule has 0 unspecified atom stereocenters. The van der Waals surface area contributed by atoms with Gasteiger partial charge < -0.3 is 5.32 Å². The first-order valence-electron chi connectivity index (χ1n) is 3.35. The fourth-order valence-corrected chi connectivity index (χ4v) is 1.21. The van der Waals surface area contributed by atoms with Gasteiger partial charge in [-0.1, -0.05) is 0 Å². The van der Waals surface area contributed by atoms with Gasteiger partial charge in [-0.2, -0.15) is 11.3 Å². The fourth-order valence-electron chi connectivity index (χ4n) is 0.621. The second kappa shape index (κ2) is 4.08. The van der Waals surface area contributed by atoms with Gasteiger partial charge in [-0.3, -0.25) is 4.84 Å². The molecule has 1 aromatic rings. The standard InChI is InChI=1S/C7H10N2O2S/c1-9(11-2)7(10)8-6-3-4-12-5-6/h3-5H,1-2H3,(H,8,10). The van der Waals surface area contributed by atoms with Crippen LogP contribution in [0.3, 0.4) is 0 Å². The fraction of sp³-hybridized carbons (Fsp3) is 0.286. The Bertz CT molecular complexity index is 248. The summed E-state index contributed by atoms with van der Waals surface area (Å²) in [6, 6.07) is 1.54. The van der Waals surface area contributed by atoms with E-state index in [-0.39, 0.29) is 6.03 Å².